The molecule has 0 aliphatic carbocycles. The number of hydrogen-bond donors (Lipinski definition) is 1. The summed E-state index contributed by atoms with van der Waals surface area (Å²) in [7, 11) is 0. The lowest BCUT2D eigenvalue weighted by molar-refractivity contribution is -0.132. The number of aliphatic hydroxyl groups excluding tert-OH is 1. The lowest BCUT2D eigenvalue weighted by Gasteiger charge is -2.26. The molecular weight excluding hydrogens is 482 g/mol. The van der Waals surface area contributed by atoms with Crippen molar-refractivity contribution in [2.45, 2.75) is 33.7 Å². The fourth-order valence-corrected chi connectivity index (χ4v) is 4.38. The number of Topliss-reactive ketones (excluding diaryl/α,β-unsaturated/α-hetero) is 1. The maximum absolute atomic E-state index is 13.4. The molecular formula is C31H31NO6. The molecule has 7 nitrogen and oxygen atoms in total. The van der Waals surface area contributed by atoms with Gasteiger partial charge in [0.15, 0.2) is 0 Å². The normalized spacial score (nSPS) is 16.7. The molecule has 0 bridgehead atoms. The first-order chi connectivity index (χ1) is 18.2. The van der Waals surface area contributed by atoms with E-state index in [1.165, 1.54) is 4.90 Å². The van der Waals surface area contributed by atoms with Crippen LogP contribution in [0.25, 0.3) is 5.76 Å². The molecule has 0 aromatic heterocycles. The standard InChI is InChI=1S/C31H31NO6/c1-5-37-31(36)21-12-14-24(15-13-21)32-27(22-9-6-8-20(4)16-22)26(29(34)30(32)35)28(33)23-10-7-11-25(17-23)38-18-19(2)3/h6-17,19,27,33H,5,18H2,1-4H3/b28-26+. The van der Waals surface area contributed by atoms with Crippen LogP contribution < -0.4 is 9.64 Å². The summed E-state index contributed by atoms with van der Waals surface area (Å²) in [4.78, 5) is 40.3. The first kappa shape index (κ1) is 26.7. The monoisotopic (exact) mass is 513 g/mol. The zero-order valence-electron chi connectivity index (χ0n) is 21.9. The fourth-order valence-electron chi connectivity index (χ4n) is 4.38. The second-order valence-corrected chi connectivity index (χ2v) is 9.58. The van der Waals surface area contributed by atoms with Crippen LogP contribution in [0, 0.1) is 12.8 Å². The highest BCUT2D eigenvalue weighted by molar-refractivity contribution is 6.51. The van der Waals surface area contributed by atoms with Crippen molar-refractivity contribution in [3.8, 4) is 5.75 Å². The number of benzene rings is 3. The molecule has 1 aliphatic heterocycles. The van der Waals surface area contributed by atoms with Crippen molar-refractivity contribution in [2.75, 3.05) is 18.1 Å². The maximum atomic E-state index is 13.4. The Morgan fingerprint density at radius 2 is 1.68 bits per heavy atom. The Bertz CT molecular complexity index is 1390. The summed E-state index contributed by atoms with van der Waals surface area (Å²) in [6.07, 6.45) is 0. The van der Waals surface area contributed by atoms with Crippen LogP contribution in [0.15, 0.2) is 78.4 Å². The summed E-state index contributed by atoms with van der Waals surface area (Å²) in [5.74, 6) is -1.45. The van der Waals surface area contributed by atoms with E-state index in [2.05, 4.69) is 0 Å². The number of ether oxygens (including phenoxy) is 2. The topological polar surface area (TPSA) is 93.1 Å². The van der Waals surface area contributed by atoms with Crippen LogP contribution in [-0.4, -0.2) is 36.0 Å². The maximum Gasteiger partial charge on any atom is 0.338 e. The molecule has 1 N–H and O–H groups in total. The number of anilines is 1. The third-order valence-corrected chi connectivity index (χ3v) is 6.15. The molecule has 7 heteroatoms. The van der Waals surface area contributed by atoms with Crippen LogP contribution in [0.4, 0.5) is 5.69 Å². The van der Waals surface area contributed by atoms with E-state index in [1.807, 2.05) is 45.0 Å². The van der Waals surface area contributed by atoms with Gasteiger partial charge in [-0.1, -0.05) is 55.8 Å². The number of nitrogens with zero attached hydrogens (tertiary/aromatic N) is 1. The number of aryl methyl sites for hydroxylation is 1. The molecule has 196 valence electrons. The van der Waals surface area contributed by atoms with Gasteiger partial charge >= 0.3 is 5.97 Å². The Kier molecular flexibility index (Phi) is 7.96. The van der Waals surface area contributed by atoms with Crippen molar-refractivity contribution in [1.82, 2.24) is 0 Å². The molecule has 0 saturated carbocycles. The Labute approximate surface area is 222 Å². The van der Waals surface area contributed by atoms with Crippen molar-refractivity contribution in [3.05, 3.63) is 101 Å². The third-order valence-electron chi connectivity index (χ3n) is 6.15. The number of esters is 1. The number of ketones is 1. The number of carbonyl (C=O) groups is 3. The van der Waals surface area contributed by atoms with Crippen LogP contribution in [0.5, 0.6) is 5.75 Å². The van der Waals surface area contributed by atoms with Crippen LogP contribution in [0.3, 0.4) is 0 Å². The SMILES string of the molecule is CCOC(=O)c1ccc(N2C(=O)C(=O)/C(=C(/O)c3cccc(OCC(C)C)c3)C2c2cccc(C)c2)cc1. The summed E-state index contributed by atoms with van der Waals surface area (Å²) < 4.78 is 10.8. The van der Waals surface area contributed by atoms with Gasteiger partial charge in [0.25, 0.3) is 11.7 Å². The second-order valence-electron chi connectivity index (χ2n) is 9.58. The van der Waals surface area contributed by atoms with Crippen LogP contribution in [0.2, 0.25) is 0 Å². The lowest BCUT2D eigenvalue weighted by atomic mass is 9.94. The van der Waals surface area contributed by atoms with Gasteiger partial charge in [-0.05, 0) is 61.7 Å². The van der Waals surface area contributed by atoms with Gasteiger partial charge in [0.2, 0.25) is 0 Å². The minimum atomic E-state index is -0.872. The molecule has 1 saturated heterocycles. The predicted octanol–water partition coefficient (Wildman–Crippen LogP) is 5.83. The Balaban J connectivity index is 1.82. The van der Waals surface area contributed by atoms with Gasteiger partial charge in [0.1, 0.15) is 11.5 Å². The quantitative estimate of drug-likeness (QED) is 0.176. The minimum absolute atomic E-state index is 0.0175. The van der Waals surface area contributed by atoms with Gasteiger partial charge in [0, 0.05) is 11.3 Å². The number of amides is 1. The summed E-state index contributed by atoms with van der Waals surface area (Å²) >= 11 is 0. The van der Waals surface area contributed by atoms with Gasteiger partial charge in [-0.25, -0.2) is 4.79 Å². The zero-order chi connectivity index (χ0) is 27.4. The lowest BCUT2D eigenvalue weighted by Crippen LogP contribution is -2.29. The molecule has 3 aromatic rings. The number of aliphatic hydroxyl groups is 1. The molecule has 0 spiro atoms. The Morgan fingerprint density at radius 1 is 0.974 bits per heavy atom. The van der Waals surface area contributed by atoms with Crippen molar-refractivity contribution in [1.29, 1.82) is 0 Å². The molecule has 38 heavy (non-hydrogen) atoms. The highest BCUT2D eigenvalue weighted by Crippen LogP contribution is 2.42. The van der Waals surface area contributed by atoms with E-state index in [0.717, 1.165) is 5.56 Å². The highest BCUT2D eigenvalue weighted by atomic mass is 16.5. The van der Waals surface area contributed by atoms with E-state index in [0.29, 0.717) is 40.7 Å². The van der Waals surface area contributed by atoms with Gasteiger partial charge in [-0.2, -0.15) is 0 Å². The van der Waals surface area contributed by atoms with Gasteiger partial charge in [-0.3, -0.25) is 14.5 Å². The van der Waals surface area contributed by atoms with E-state index < -0.39 is 23.7 Å². The number of hydrogen-bond acceptors (Lipinski definition) is 6. The first-order valence-electron chi connectivity index (χ1n) is 12.6. The molecule has 3 aromatic carbocycles. The van der Waals surface area contributed by atoms with E-state index in [9.17, 15) is 19.5 Å². The Morgan fingerprint density at radius 3 is 2.34 bits per heavy atom. The smallest absolute Gasteiger partial charge is 0.338 e. The van der Waals surface area contributed by atoms with Gasteiger partial charge in [-0.15, -0.1) is 0 Å². The van der Waals surface area contributed by atoms with Crippen LogP contribution >= 0.6 is 0 Å². The van der Waals surface area contributed by atoms with Gasteiger partial charge < -0.3 is 14.6 Å². The summed E-state index contributed by atoms with van der Waals surface area (Å²) in [6, 6.07) is 19.7. The molecule has 4 rings (SSSR count). The number of rotatable bonds is 8. The number of carbonyl (C=O) groups excluding carboxylic acids is 3. The van der Waals surface area contributed by atoms with Crippen LogP contribution in [-0.2, 0) is 14.3 Å². The van der Waals surface area contributed by atoms with Gasteiger partial charge in [0.05, 0.1) is 30.4 Å². The molecule has 1 atom stereocenters. The van der Waals surface area contributed by atoms with E-state index >= 15 is 0 Å². The first-order valence-corrected chi connectivity index (χ1v) is 12.6. The summed E-state index contributed by atoms with van der Waals surface area (Å²) in [5, 5.41) is 11.4. The van der Waals surface area contributed by atoms with E-state index in [4.69, 9.17) is 9.47 Å². The predicted molar refractivity (Wildman–Crippen MR) is 145 cm³/mol. The largest absolute Gasteiger partial charge is 0.507 e. The van der Waals surface area contributed by atoms with Crippen molar-refractivity contribution >= 4 is 29.1 Å². The van der Waals surface area contributed by atoms with E-state index in [-0.39, 0.29) is 17.9 Å². The molecule has 1 amide bonds. The average molecular weight is 514 g/mol. The molecule has 1 unspecified atom stereocenters. The summed E-state index contributed by atoms with van der Waals surface area (Å²) in [5.41, 5.74) is 2.72. The third kappa shape index (κ3) is 5.47. The Hall–Kier alpha value is -4.39. The van der Waals surface area contributed by atoms with Crippen molar-refractivity contribution < 1.29 is 29.0 Å². The van der Waals surface area contributed by atoms with E-state index in [1.54, 1.807) is 55.5 Å². The highest BCUT2D eigenvalue weighted by Gasteiger charge is 2.47. The summed E-state index contributed by atoms with van der Waals surface area (Å²) in [6.45, 7) is 8.45. The molecule has 0 radical (unpaired) electrons. The molecule has 1 heterocycles. The fraction of sp³-hybridized carbons (Fsp3) is 0.258. The molecule has 1 aliphatic rings. The second kappa shape index (κ2) is 11.3. The average Bonchev–Trinajstić information content (AvgIpc) is 3.17. The molecule has 1 fully saturated rings. The zero-order valence-corrected chi connectivity index (χ0v) is 21.9. The minimum Gasteiger partial charge on any atom is -0.507 e. The van der Waals surface area contributed by atoms with Crippen LogP contribution in [0.1, 0.15) is 53.9 Å². The van der Waals surface area contributed by atoms with Crippen molar-refractivity contribution in [2.24, 2.45) is 5.92 Å². The van der Waals surface area contributed by atoms with Crippen molar-refractivity contribution in [3.63, 3.8) is 0 Å².